The molecule has 72 valence electrons. The topological polar surface area (TPSA) is 59.9 Å². The summed E-state index contributed by atoms with van der Waals surface area (Å²) < 4.78 is 22.0. The van der Waals surface area contributed by atoms with E-state index >= 15 is 0 Å². The van der Waals surface area contributed by atoms with E-state index in [1.54, 1.807) is 0 Å². The van der Waals surface area contributed by atoms with Gasteiger partial charge in [0.25, 0.3) is 0 Å². The summed E-state index contributed by atoms with van der Waals surface area (Å²) in [6.07, 6.45) is 2.32. The van der Waals surface area contributed by atoms with Crippen molar-refractivity contribution in [2.45, 2.75) is 9.99 Å². The zero-order chi connectivity index (χ0) is 10.1. The number of nitrogens with zero attached hydrogens (tertiary/aromatic N) is 2. The molecule has 0 aromatic carbocycles. The highest BCUT2D eigenvalue weighted by Gasteiger charge is 2.13. The highest BCUT2D eigenvalue weighted by Crippen LogP contribution is 2.22. The molecule has 13 heavy (non-hydrogen) atoms. The number of hydrogen-bond donors (Lipinski definition) is 0. The van der Waals surface area contributed by atoms with Crippen LogP contribution in [0.5, 0.6) is 0 Å². The number of hydrogen-bond acceptors (Lipinski definition) is 4. The molecule has 1 aromatic heterocycles. The highest BCUT2D eigenvalue weighted by molar-refractivity contribution is 7.90. The van der Waals surface area contributed by atoms with Crippen molar-refractivity contribution in [1.29, 1.82) is 0 Å². The van der Waals surface area contributed by atoms with Crippen LogP contribution in [0.4, 0.5) is 0 Å². The largest absolute Gasteiger partial charge is 0.247 e. The monoisotopic (exact) mass is 240 g/mol. The van der Waals surface area contributed by atoms with Gasteiger partial charge in [0.15, 0.2) is 0 Å². The quantitative estimate of drug-likeness (QED) is 0.579. The van der Waals surface area contributed by atoms with Gasteiger partial charge in [0, 0.05) is 12.5 Å². The molecule has 0 amide bonds. The average molecular weight is 241 g/mol. The molecular formula is C6H6Cl2N2O2S. The Morgan fingerprint density at radius 2 is 2.08 bits per heavy atom. The van der Waals surface area contributed by atoms with Gasteiger partial charge in [-0.3, -0.25) is 0 Å². The first-order valence-corrected chi connectivity index (χ1v) is 5.99. The highest BCUT2D eigenvalue weighted by atomic mass is 35.5. The van der Waals surface area contributed by atoms with Crippen molar-refractivity contribution in [2.24, 2.45) is 0 Å². The average Bonchev–Trinajstić information content (AvgIpc) is 2.03. The zero-order valence-electron chi connectivity index (χ0n) is 6.61. The van der Waals surface area contributed by atoms with Gasteiger partial charge in [0.2, 0.25) is 15.0 Å². The minimum Gasteiger partial charge on any atom is -0.227 e. The zero-order valence-corrected chi connectivity index (χ0v) is 8.94. The molecule has 7 heteroatoms. The molecule has 0 radical (unpaired) electrons. The van der Waals surface area contributed by atoms with Gasteiger partial charge in [0.1, 0.15) is 4.84 Å². The summed E-state index contributed by atoms with van der Waals surface area (Å²) in [5, 5.41) is -0.267. The van der Waals surface area contributed by atoms with Crippen LogP contribution in [0.1, 0.15) is 10.5 Å². The summed E-state index contributed by atoms with van der Waals surface area (Å²) in [5.41, 5.74) is 0.277. The van der Waals surface area contributed by atoms with Gasteiger partial charge in [-0.2, -0.15) is 0 Å². The summed E-state index contributed by atoms with van der Waals surface area (Å²) >= 11 is 11.0. The van der Waals surface area contributed by atoms with Crippen molar-refractivity contribution in [2.75, 3.05) is 6.26 Å². The lowest BCUT2D eigenvalue weighted by molar-refractivity contribution is 0.592. The van der Waals surface area contributed by atoms with E-state index in [0.29, 0.717) is 0 Å². The van der Waals surface area contributed by atoms with Crippen LogP contribution >= 0.6 is 23.2 Å². The fraction of sp³-hybridized carbons (Fsp3) is 0.333. The van der Waals surface area contributed by atoms with E-state index in [2.05, 4.69) is 9.97 Å². The van der Waals surface area contributed by atoms with Crippen LogP contribution in [0.25, 0.3) is 0 Å². The Bertz CT molecular complexity index is 405. The van der Waals surface area contributed by atoms with E-state index in [1.807, 2.05) is 0 Å². The van der Waals surface area contributed by atoms with Gasteiger partial charge in [0.05, 0.1) is 5.69 Å². The molecule has 0 atom stereocenters. The summed E-state index contributed by atoms with van der Waals surface area (Å²) in [7, 11) is -3.40. The molecule has 0 N–H and O–H groups in total. The maximum atomic E-state index is 11.0. The molecule has 1 aromatic rings. The van der Waals surface area contributed by atoms with Crippen molar-refractivity contribution < 1.29 is 8.42 Å². The first-order valence-electron chi connectivity index (χ1n) is 3.22. The Balaban J connectivity index is 3.21. The molecule has 1 heterocycles. The third kappa shape index (κ3) is 2.79. The summed E-state index contributed by atoms with van der Waals surface area (Å²) in [6.45, 7) is 0. The minimum absolute atomic E-state index is 0.267. The smallest absolute Gasteiger partial charge is 0.227 e. The Kier molecular flexibility index (Phi) is 3.10. The van der Waals surface area contributed by atoms with Gasteiger partial charge < -0.3 is 0 Å². The van der Waals surface area contributed by atoms with Crippen LogP contribution in [-0.4, -0.2) is 24.6 Å². The van der Waals surface area contributed by atoms with E-state index in [-0.39, 0.29) is 10.9 Å². The standard InChI is InChI=1S/C6H6Cl2N2O2S/c1-13(11,12)6-9-3-2-4(10-6)5(7)8/h2-3,5H,1H3. The van der Waals surface area contributed by atoms with E-state index in [1.165, 1.54) is 12.3 Å². The summed E-state index contributed by atoms with van der Waals surface area (Å²) in [6, 6.07) is 1.46. The molecule has 0 bridgehead atoms. The van der Waals surface area contributed by atoms with Gasteiger partial charge in [-0.05, 0) is 6.07 Å². The first kappa shape index (κ1) is 10.7. The van der Waals surface area contributed by atoms with Gasteiger partial charge in [-0.15, -0.1) is 0 Å². The van der Waals surface area contributed by atoms with Crippen LogP contribution in [0, 0.1) is 0 Å². The number of rotatable bonds is 2. The lowest BCUT2D eigenvalue weighted by Gasteiger charge is -2.01. The fourth-order valence-corrected chi connectivity index (χ4v) is 1.42. The van der Waals surface area contributed by atoms with Gasteiger partial charge in [-0.25, -0.2) is 18.4 Å². The molecule has 0 unspecified atom stereocenters. The van der Waals surface area contributed by atoms with Crippen LogP contribution in [0.2, 0.25) is 0 Å². The van der Waals surface area contributed by atoms with Crippen molar-refractivity contribution in [3.8, 4) is 0 Å². The van der Waals surface area contributed by atoms with Gasteiger partial charge in [-0.1, -0.05) is 23.2 Å². The maximum Gasteiger partial charge on any atom is 0.247 e. The summed E-state index contributed by atoms with van der Waals surface area (Å²) in [5.74, 6) is 0. The molecule has 0 aliphatic carbocycles. The normalized spacial score (nSPS) is 12.0. The molecule has 1 rings (SSSR count). The molecule has 0 fully saturated rings. The van der Waals surface area contributed by atoms with Crippen LogP contribution in [-0.2, 0) is 9.84 Å². The first-order chi connectivity index (χ1) is 5.91. The number of aromatic nitrogens is 2. The van der Waals surface area contributed by atoms with Gasteiger partial charge >= 0.3 is 0 Å². The second kappa shape index (κ2) is 3.77. The molecule has 0 aliphatic heterocycles. The molecule has 0 spiro atoms. The fourth-order valence-electron chi connectivity index (χ4n) is 0.654. The predicted molar refractivity (Wildman–Crippen MR) is 49.6 cm³/mol. The maximum absolute atomic E-state index is 11.0. The molecule has 0 aliphatic rings. The lowest BCUT2D eigenvalue weighted by atomic mass is 10.5. The van der Waals surface area contributed by atoms with E-state index < -0.39 is 14.7 Å². The number of halogens is 2. The molecule has 0 saturated heterocycles. The van der Waals surface area contributed by atoms with Crippen LogP contribution in [0.3, 0.4) is 0 Å². The van der Waals surface area contributed by atoms with Crippen LogP contribution in [0.15, 0.2) is 17.4 Å². The SMILES string of the molecule is CS(=O)(=O)c1nccc(C(Cl)Cl)n1. The molecular weight excluding hydrogens is 235 g/mol. The number of sulfone groups is 1. The third-order valence-electron chi connectivity index (χ3n) is 1.21. The van der Waals surface area contributed by atoms with E-state index in [9.17, 15) is 8.42 Å². The van der Waals surface area contributed by atoms with E-state index in [0.717, 1.165) is 6.26 Å². The Hall–Kier alpha value is -0.390. The Labute approximate surface area is 85.8 Å². The van der Waals surface area contributed by atoms with Crippen molar-refractivity contribution in [1.82, 2.24) is 9.97 Å². The van der Waals surface area contributed by atoms with Crippen LogP contribution < -0.4 is 0 Å². The molecule has 4 nitrogen and oxygen atoms in total. The Morgan fingerprint density at radius 3 is 2.54 bits per heavy atom. The van der Waals surface area contributed by atoms with Crippen molar-refractivity contribution in [3.05, 3.63) is 18.0 Å². The minimum atomic E-state index is -3.40. The Morgan fingerprint density at radius 1 is 1.46 bits per heavy atom. The van der Waals surface area contributed by atoms with E-state index in [4.69, 9.17) is 23.2 Å². The van der Waals surface area contributed by atoms with Crippen molar-refractivity contribution >= 4 is 33.0 Å². The predicted octanol–water partition coefficient (Wildman–Crippen LogP) is 1.36. The number of alkyl halides is 2. The molecule has 0 saturated carbocycles. The third-order valence-corrected chi connectivity index (χ3v) is 2.52. The lowest BCUT2D eigenvalue weighted by Crippen LogP contribution is -2.05. The van der Waals surface area contributed by atoms with Crippen molar-refractivity contribution in [3.63, 3.8) is 0 Å². The second-order valence-electron chi connectivity index (χ2n) is 2.34. The summed E-state index contributed by atoms with van der Waals surface area (Å²) in [4.78, 5) is 6.41. The second-order valence-corrected chi connectivity index (χ2v) is 5.34.